The van der Waals surface area contributed by atoms with Crippen LogP contribution in [0.2, 0.25) is 5.02 Å². The lowest BCUT2D eigenvalue weighted by Crippen LogP contribution is -2.20. The van der Waals surface area contributed by atoms with Gasteiger partial charge in [0.1, 0.15) is 5.82 Å². The van der Waals surface area contributed by atoms with E-state index in [1.54, 1.807) is 30.5 Å². The summed E-state index contributed by atoms with van der Waals surface area (Å²) >= 11 is 6.29. The molecule has 0 aliphatic carbocycles. The van der Waals surface area contributed by atoms with Crippen LogP contribution in [0.25, 0.3) is 28.6 Å². The maximum absolute atomic E-state index is 13.6. The van der Waals surface area contributed by atoms with Gasteiger partial charge in [-0.25, -0.2) is 4.39 Å². The Morgan fingerprint density at radius 3 is 2.44 bits per heavy atom. The van der Waals surface area contributed by atoms with Crippen molar-refractivity contribution in [1.82, 2.24) is 4.57 Å². The molecule has 2 atom stereocenters. The van der Waals surface area contributed by atoms with Gasteiger partial charge in [-0.1, -0.05) is 49.7 Å². The number of carbonyl (C=O) groups excluding carboxylic acids is 1. The van der Waals surface area contributed by atoms with Crippen LogP contribution in [0.1, 0.15) is 38.3 Å². The third-order valence-electron chi connectivity index (χ3n) is 5.51. The Morgan fingerprint density at radius 2 is 1.82 bits per heavy atom. The second-order valence-electron chi connectivity index (χ2n) is 8.45. The first kappa shape index (κ1) is 25.7. The number of rotatable bonds is 9. The van der Waals surface area contributed by atoms with Crippen molar-refractivity contribution >= 4 is 23.8 Å². The summed E-state index contributed by atoms with van der Waals surface area (Å²) in [6.07, 6.45) is 1.13. The second kappa shape index (κ2) is 11.5. The topological polar surface area (TPSA) is 71.7 Å². The summed E-state index contributed by atoms with van der Waals surface area (Å²) in [5.41, 5.74) is 4.43. The fraction of sp³-hybridized carbons (Fsp3) is 0.296. The highest BCUT2D eigenvalue weighted by atomic mass is 35.5. The normalized spacial score (nSPS) is 13.4. The number of hydrogen-bond acceptors (Lipinski definition) is 4. The molecule has 0 spiro atoms. The molecule has 3 aromatic rings. The molecule has 0 fully saturated rings. The van der Waals surface area contributed by atoms with Crippen LogP contribution in [0.3, 0.4) is 0 Å². The average Bonchev–Trinajstić information content (AvgIpc) is 3.17. The summed E-state index contributed by atoms with van der Waals surface area (Å²) in [7, 11) is 1.25. The molecule has 1 aromatic heterocycles. The molecule has 0 bridgehead atoms. The number of carbonyl (C=O) groups is 1. The summed E-state index contributed by atoms with van der Waals surface area (Å²) in [4.78, 5) is 11.4. The molecule has 1 heterocycles. The van der Waals surface area contributed by atoms with E-state index in [1.165, 1.54) is 19.2 Å². The first-order valence-corrected chi connectivity index (χ1v) is 11.5. The SMILES string of the molecule is COC(=O)CC(O)CC(O)/C=C/n1c(C(C)C)cc(-c2ccc(F)cc2)c1-c1cccc(Cl)c1. The van der Waals surface area contributed by atoms with Crippen molar-refractivity contribution in [1.29, 1.82) is 0 Å². The van der Waals surface area contributed by atoms with E-state index >= 15 is 0 Å². The molecule has 180 valence electrons. The van der Waals surface area contributed by atoms with Crippen LogP contribution >= 0.6 is 11.6 Å². The average molecular weight is 486 g/mol. The molecule has 0 saturated carbocycles. The lowest BCUT2D eigenvalue weighted by Gasteiger charge is -2.15. The van der Waals surface area contributed by atoms with Crippen molar-refractivity contribution in [2.24, 2.45) is 0 Å². The van der Waals surface area contributed by atoms with Crippen molar-refractivity contribution in [2.45, 2.75) is 44.8 Å². The number of nitrogens with zero attached hydrogens (tertiary/aromatic N) is 1. The van der Waals surface area contributed by atoms with E-state index in [2.05, 4.69) is 24.7 Å². The monoisotopic (exact) mass is 485 g/mol. The fourth-order valence-electron chi connectivity index (χ4n) is 3.83. The van der Waals surface area contributed by atoms with Gasteiger partial charge in [-0.3, -0.25) is 4.79 Å². The number of aliphatic hydroxyl groups excluding tert-OH is 2. The predicted octanol–water partition coefficient (Wildman–Crippen LogP) is 5.88. The lowest BCUT2D eigenvalue weighted by molar-refractivity contribution is -0.143. The number of aliphatic hydroxyl groups is 2. The third-order valence-corrected chi connectivity index (χ3v) is 5.75. The summed E-state index contributed by atoms with van der Waals surface area (Å²) in [6.45, 7) is 4.12. The third kappa shape index (κ3) is 6.35. The van der Waals surface area contributed by atoms with Gasteiger partial charge in [0, 0.05) is 34.5 Å². The van der Waals surface area contributed by atoms with Gasteiger partial charge in [0.05, 0.1) is 31.4 Å². The molecule has 2 aromatic carbocycles. The number of aromatic nitrogens is 1. The lowest BCUT2D eigenvalue weighted by atomic mass is 10.0. The van der Waals surface area contributed by atoms with Gasteiger partial charge in [0.15, 0.2) is 0 Å². The molecule has 0 radical (unpaired) electrons. The molecule has 3 rings (SSSR count). The molecule has 34 heavy (non-hydrogen) atoms. The second-order valence-corrected chi connectivity index (χ2v) is 8.89. The van der Waals surface area contributed by atoms with Crippen molar-refractivity contribution in [3.63, 3.8) is 0 Å². The molecule has 2 unspecified atom stereocenters. The zero-order valence-electron chi connectivity index (χ0n) is 19.4. The van der Waals surface area contributed by atoms with Crippen LogP contribution < -0.4 is 0 Å². The number of benzene rings is 2. The van der Waals surface area contributed by atoms with Gasteiger partial charge in [-0.15, -0.1) is 0 Å². The molecule has 0 aliphatic heterocycles. The molecule has 0 aliphatic rings. The quantitative estimate of drug-likeness (QED) is 0.371. The zero-order chi connectivity index (χ0) is 24.8. The number of methoxy groups -OCH3 is 1. The highest BCUT2D eigenvalue weighted by Crippen LogP contribution is 2.38. The van der Waals surface area contributed by atoms with Gasteiger partial charge in [-0.2, -0.15) is 0 Å². The van der Waals surface area contributed by atoms with Gasteiger partial charge < -0.3 is 19.5 Å². The van der Waals surface area contributed by atoms with Gasteiger partial charge in [0.2, 0.25) is 0 Å². The number of hydrogen-bond donors (Lipinski definition) is 2. The first-order chi connectivity index (χ1) is 16.2. The summed E-state index contributed by atoms with van der Waals surface area (Å²) < 4.78 is 20.1. The summed E-state index contributed by atoms with van der Waals surface area (Å²) in [5.74, 6) is -0.715. The van der Waals surface area contributed by atoms with Crippen molar-refractivity contribution in [3.05, 3.63) is 77.2 Å². The van der Waals surface area contributed by atoms with Crippen LogP contribution in [0.4, 0.5) is 4.39 Å². The van der Waals surface area contributed by atoms with Gasteiger partial charge in [-0.05, 0) is 47.9 Å². The minimum absolute atomic E-state index is 0.0127. The Morgan fingerprint density at radius 1 is 1.12 bits per heavy atom. The van der Waals surface area contributed by atoms with Gasteiger partial charge in [0.25, 0.3) is 0 Å². The van der Waals surface area contributed by atoms with E-state index in [4.69, 9.17) is 11.6 Å². The maximum Gasteiger partial charge on any atom is 0.308 e. The predicted molar refractivity (Wildman–Crippen MR) is 133 cm³/mol. The van der Waals surface area contributed by atoms with E-state index in [0.29, 0.717) is 5.02 Å². The molecule has 2 N–H and O–H groups in total. The Balaban J connectivity index is 2.07. The molecule has 0 saturated heterocycles. The molecular formula is C27H29ClFNO4. The number of esters is 1. The van der Waals surface area contributed by atoms with Crippen LogP contribution in [-0.4, -0.2) is 40.1 Å². The largest absolute Gasteiger partial charge is 0.469 e. The van der Waals surface area contributed by atoms with Crippen LogP contribution in [0.15, 0.2) is 60.7 Å². The molecule has 5 nitrogen and oxygen atoms in total. The standard InChI is InChI=1S/C27H29ClFNO4/c1-17(2)25-16-24(18-7-9-21(29)10-8-18)27(19-5-4-6-20(28)13-19)30(25)12-11-22(31)14-23(32)15-26(33)34-3/h4-13,16-17,22-23,31-32H,14-15H2,1-3H3/b12-11+. The molecule has 7 heteroatoms. The summed E-state index contributed by atoms with van der Waals surface area (Å²) in [6, 6.07) is 15.8. The van der Waals surface area contributed by atoms with Crippen LogP contribution in [0, 0.1) is 5.82 Å². The van der Waals surface area contributed by atoms with E-state index in [-0.39, 0.29) is 24.6 Å². The molecular weight excluding hydrogens is 457 g/mol. The fourth-order valence-corrected chi connectivity index (χ4v) is 4.02. The van der Waals surface area contributed by atoms with Crippen LogP contribution in [0.5, 0.6) is 0 Å². The Bertz CT molecular complexity index is 1150. The Hall–Kier alpha value is -2.93. The smallest absolute Gasteiger partial charge is 0.308 e. The van der Waals surface area contributed by atoms with E-state index in [1.807, 2.05) is 22.8 Å². The highest BCUT2D eigenvalue weighted by Gasteiger charge is 2.20. The number of halogens is 2. The highest BCUT2D eigenvalue weighted by molar-refractivity contribution is 6.30. The van der Waals surface area contributed by atoms with E-state index in [0.717, 1.165) is 28.1 Å². The zero-order valence-corrected chi connectivity index (χ0v) is 20.2. The summed E-state index contributed by atoms with van der Waals surface area (Å²) in [5, 5.41) is 21.1. The van der Waals surface area contributed by atoms with Crippen molar-refractivity contribution in [3.8, 4) is 22.4 Å². The van der Waals surface area contributed by atoms with E-state index < -0.39 is 18.2 Å². The molecule has 0 amide bonds. The van der Waals surface area contributed by atoms with Gasteiger partial charge >= 0.3 is 5.97 Å². The van der Waals surface area contributed by atoms with Crippen molar-refractivity contribution < 1.29 is 24.1 Å². The minimum Gasteiger partial charge on any atom is -0.469 e. The Kier molecular flexibility index (Phi) is 8.67. The minimum atomic E-state index is -1.02. The van der Waals surface area contributed by atoms with E-state index in [9.17, 15) is 19.4 Å². The maximum atomic E-state index is 13.6. The van der Waals surface area contributed by atoms with Crippen LogP contribution in [-0.2, 0) is 9.53 Å². The Labute approximate surface area is 204 Å². The first-order valence-electron chi connectivity index (χ1n) is 11.1. The number of ether oxygens (including phenoxy) is 1. The van der Waals surface area contributed by atoms with Crippen molar-refractivity contribution in [2.75, 3.05) is 7.11 Å².